The predicted octanol–water partition coefficient (Wildman–Crippen LogP) is 1.80. The number of carboxylic acids is 1. The zero-order valence-corrected chi connectivity index (χ0v) is 10.3. The molecule has 0 aliphatic heterocycles. The van der Waals surface area contributed by atoms with E-state index in [1.165, 1.54) is 4.90 Å². The topological polar surface area (TPSA) is 40.5 Å². The van der Waals surface area contributed by atoms with Crippen LogP contribution in [-0.2, 0) is 4.79 Å². The Morgan fingerprint density at radius 2 is 2.12 bits per heavy atom. The highest BCUT2D eigenvalue weighted by molar-refractivity contribution is 7.99. The summed E-state index contributed by atoms with van der Waals surface area (Å²) in [7, 11) is 0. The number of hydrogen-bond acceptors (Lipinski definition) is 3. The van der Waals surface area contributed by atoms with Crippen molar-refractivity contribution in [3.8, 4) is 12.3 Å². The zero-order chi connectivity index (χ0) is 12.5. The molecule has 4 heteroatoms. The maximum atomic E-state index is 10.6. The molecule has 0 heterocycles. The maximum Gasteiger partial charge on any atom is 0.317 e. The summed E-state index contributed by atoms with van der Waals surface area (Å²) >= 11 is 1.70. The van der Waals surface area contributed by atoms with Crippen molar-refractivity contribution in [1.29, 1.82) is 0 Å². The lowest BCUT2D eigenvalue weighted by molar-refractivity contribution is -0.138. The van der Waals surface area contributed by atoms with Gasteiger partial charge in [-0.25, -0.2) is 0 Å². The number of aliphatic carboxylic acids is 1. The van der Waals surface area contributed by atoms with E-state index in [1.54, 1.807) is 16.7 Å². The average molecular weight is 249 g/mol. The van der Waals surface area contributed by atoms with E-state index in [0.29, 0.717) is 13.1 Å². The van der Waals surface area contributed by atoms with Gasteiger partial charge >= 0.3 is 5.97 Å². The molecule has 0 radical (unpaired) electrons. The van der Waals surface area contributed by atoms with Crippen LogP contribution in [0.15, 0.2) is 35.2 Å². The molecule has 0 unspecified atom stereocenters. The molecule has 0 spiro atoms. The van der Waals surface area contributed by atoms with Crippen LogP contribution in [0, 0.1) is 12.3 Å². The van der Waals surface area contributed by atoms with Crippen LogP contribution in [-0.4, -0.2) is 41.4 Å². The zero-order valence-electron chi connectivity index (χ0n) is 9.50. The summed E-state index contributed by atoms with van der Waals surface area (Å²) in [5.41, 5.74) is 0. The Labute approximate surface area is 106 Å². The van der Waals surface area contributed by atoms with Crippen molar-refractivity contribution < 1.29 is 9.90 Å². The Morgan fingerprint density at radius 1 is 1.41 bits per heavy atom. The number of rotatable bonds is 7. The Balaban J connectivity index is 2.32. The smallest absolute Gasteiger partial charge is 0.317 e. The van der Waals surface area contributed by atoms with Gasteiger partial charge in [0, 0.05) is 17.2 Å². The maximum absolute atomic E-state index is 10.6. The fourth-order valence-corrected chi connectivity index (χ4v) is 2.28. The molecule has 1 N–H and O–H groups in total. The number of carboxylic acid groups (broad SMARTS) is 1. The summed E-state index contributed by atoms with van der Waals surface area (Å²) < 4.78 is 0. The first kappa shape index (κ1) is 13.6. The molecule has 1 aromatic rings. The van der Waals surface area contributed by atoms with Crippen LogP contribution in [0.5, 0.6) is 0 Å². The molecule has 1 aromatic carbocycles. The molecule has 0 aromatic heterocycles. The van der Waals surface area contributed by atoms with Gasteiger partial charge in [-0.15, -0.1) is 18.2 Å². The average Bonchev–Trinajstić information content (AvgIpc) is 2.30. The minimum atomic E-state index is -0.843. The van der Waals surface area contributed by atoms with Crippen molar-refractivity contribution in [1.82, 2.24) is 4.90 Å². The molecular formula is C13H15NO2S. The highest BCUT2D eigenvalue weighted by Crippen LogP contribution is 2.16. The van der Waals surface area contributed by atoms with Crippen LogP contribution in [0.2, 0.25) is 0 Å². The molecule has 0 saturated carbocycles. The minimum absolute atomic E-state index is 0.000447. The van der Waals surface area contributed by atoms with Gasteiger partial charge in [0.05, 0.1) is 13.1 Å². The minimum Gasteiger partial charge on any atom is -0.480 e. The largest absolute Gasteiger partial charge is 0.480 e. The van der Waals surface area contributed by atoms with E-state index in [0.717, 1.165) is 5.75 Å². The van der Waals surface area contributed by atoms with Crippen molar-refractivity contribution in [3.63, 3.8) is 0 Å². The van der Waals surface area contributed by atoms with Gasteiger partial charge in [-0.2, -0.15) is 0 Å². The van der Waals surface area contributed by atoms with E-state index in [9.17, 15) is 4.79 Å². The molecule has 0 saturated heterocycles. The number of carbonyl (C=O) groups is 1. The van der Waals surface area contributed by atoms with Gasteiger partial charge in [0.2, 0.25) is 0 Å². The van der Waals surface area contributed by atoms with E-state index in [2.05, 4.69) is 5.92 Å². The van der Waals surface area contributed by atoms with Gasteiger partial charge in [0.15, 0.2) is 0 Å². The molecule has 0 atom stereocenters. The summed E-state index contributed by atoms with van der Waals surface area (Å²) in [6.07, 6.45) is 5.20. The number of terminal acetylenes is 1. The monoisotopic (exact) mass is 249 g/mol. The summed E-state index contributed by atoms with van der Waals surface area (Å²) in [5, 5.41) is 8.71. The summed E-state index contributed by atoms with van der Waals surface area (Å²) in [4.78, 5) is 13.5. The van der Waals surface area contributed by atoms with Crippen LogP contribution in [0.4, 0.5) is 0 Å². The molecule has 0 fully saturated rings. The molecule has 0 aliphatic rings. The number of hydrogen-bond donors (Lipinski definition) is 1. The normalized spacial score (nSPS) is 10.1. The van der Waals surface area contributed by atoms with Crippen molar-refractivity contribution in [2.45, 2.75) is 4.90 Å². The van der Waals surface area contributed by atoms with Crippen LogP contribution >= 0.6 is 11.8 Å². The standard InChI is InChI=1S/C13H15NO2S/c1-2-8-14(11-13(15)16)9-10-17-12-6-4-3-5-7-12/h1,3-7H,8-11H2,(H,15,16). The third kappa shape index (κ3) is 6.00. The van der Waals surface area contributed by atoms with E-state index >= 15 is 0 Å². The lowest BCUT2D eigenvalue weighted by atomic mass is 10.4. The van der Waals surface area contributed by atoms with Crippen LogP contribution in [0.3, 0.4) is 0 Å². The second kappa shape index (κ2) is 7.77. The van der Waals surface area contributed by atoms with E-state index in [4.69, 9.17) is 11.5 Å². The molecular weight excluding hydrogens is 234 g/mol. The SMILES string of the molecule is C#CCN(CCSc1ccccc1)CC(=O)O. The fraction of sp³-hybridized carbons (Fsp3) is 0.308. The Bertz CT molecular complexity index is 386. The Hall–Kier alpha value is -1.44. The molecule has 3 nitrogen and oxygen atoms in total. The third-order valence-corrected chi connectivity index (χ3v) is 3.09. The van der Waals surface area contributed by atoms with Gasteiger partial charge in [0.1, 0.15) is 0 Å². The first-order chi connectivity index (χ1) is 8.22. The lowest BCUT2D eigenvalue weighted by Gasteiger charge is -2.16. The molecule has 0 amide bonds. The fourth-order valence-electron chi connectivity index (χ4n) is 1.34. The third-order valence-electron chi connectivity index (χ3n) is 2.09. The van der Waals surface area contributed by atoms with Gasteiger partial charge in [-0.05, 0) is 12.1 Å². The summed E-state index contributed by atoms with van der Waals surface area (Å²) in [6.45, 7) is 1.05. The summed E-state index contributed by atoms with van der Waals surface area (Å²) in [5.74, 6) is 2.46. The first-order valence-corrected chi connectivity index (χ1v) is 6.26. The second-order valence-electron chi connectivity index (χ2n) is 3.47. The number of benzene rings is 1. The Morgan fingerprint density at radius 3 is 2.71 bits per heavy atom. The van der Waals surface area contributed by atoms with Gasteiger partial charge in [0.25, 0.3) is 0 Å². The molecule has 0 bridgehead atoms. The Kier molecular flexibility index (Phi) is 6.23. The molecule has 1 rings (SSSR count). The molecule has 90 valence electrons. The second-order valence-corrected chi connectivity index (χ2v) is 4.64. The highest BCUT2D eigenvalue weighted by atomic mass is 32.2. The van der Waals surface area contributed by atoms with Crippen LogP contribution in [0.1, 0.15) is 0 Å². The predicted molar refractivity (Wildman–Crippen MR) is 70.1 cm³/mol. The van der Waals surface area contributed by atoms with E-state index in [1.807, 2.05) is 30.3 Å². The van der Waals surface area contributed by atoms with E-state index < -0.39 is 5.97 Å². The van der Waals surface area contributed by atoms with Crippen molar-refractivity contribution in [2.75, 3.05) is 25.4 Å². The van der Waals surface area contributed by atoms with Crippen molar-refractivity contribution in [2.24, 2.45) is 0 Å². The molecule has 0 aliphatic carbocycles. The lowest BCUT2D eigenvalue weighted by Crippen LogP contribution is -2.32. The number of thioether (sulfide) groups is 1. The van der Waals surface area contributed by atoms with Crippen molar-refractivity contribution in [3.05, 3.63) is 30.3 Å². The van der Waals surface area contributed by atoms with Gasteiger partial charge < -0.3 is 5.11 Å². The van der Waals surface area contributed by atoms with Crippen molar-refractivity contribution >= 4 is 17.7 Å². The summed E-state index contributed by atoms with van der Waals surface area (Å²) in [6, 6.07) is 10.0. The quantitative estimate of drug-likeness (QED) is 0.591. The number of nitrogens with zero attached hydrogens (tertiary/aromatic N) is 1. The van der Waals surface area contributed by atoms with Crippen LogP contribution < -0.4 is 0 Å². The first-order valence-electron chi connectivity index (χ1n) is 5.28. The van der Waals surface area contributed by atoms with Crippen LogP contribution in [0.25, 0.3) is 0 Å². The van der Waals surface area contributed by atoms with Gasteiger partial charge in [-0.1, -0.05) is 24.1 Å². The molecule has 17 heavy (non-hydrogen) atoms. The van der Waals surface area contributed by atoms with Gasteiger partial charge in [-0.3, -0.25) is 9.69 Å². The highest BCUT2D eigenvalue weighted by Gasteiger charge is 2.07. The van der Waals surface area contributed by atoms with E-state index in [-0.39, 0.29) is 6.54 Å².